The van der Waals surface area contributed by atoms with Crippen LogP contribution in [0.25, 0.3) is 5.76 Å². The highest BCUT2D eigenvalue weighted by Crippen LogP contribution is 2.42. The number of aliphatic hydroxyl groups excluding tert-OH is 1. The molecule has 2 aromatic rings. The third-order valence-electron chi connectivity index (χ3n) is 5.64. The third kappa shape index (κ3) is 5.62. The van der Waals surface area contributed by atoms with Crippen LogP contribution in [0.15, 0.2) is 46.4 Å². The Morgan fingerprint density at radius 3 is 2.29 bits per heavy atom. The number of hydrogen-bond acceptors (Lipinski definition) is 7. The Bertz CT molecular complexity index is 1130. The number of Topliss-reactive ketones (excluding diaryl/α,β-unsaturated/α-hetero) is 1. The number of rotatable bonds is 10. The van der Waals surface area contributed by atoms with E-state index in [1.54, 1.807) is 36.4 Å². The predicted octanol–water partition coefficient (Wildman–Crippen LogP) is 4.24. The number of hydrogen-bond donors (Lipinski definition) is 1. The molecule has 1 atom stereocenters. The summed E-state index contributed by atoms with van der Waals surface area (Å²) in [7, 11) is 5.33. The Morgan fingerprint density at radius 2 is 1.69 bits per heavy atom. The molecule has 0 radical (unpaired) electrons. The van der Waals surface area contributed by atoms with Crippen LogP contribution >= 0.6 is 15.9 Å². The van der Waals surface area contributed by atoms with Crippen molar-refractivity contribution in [2.24, 2.45) is 0 Å². The normalized spacial score (nSPS) is 17.2. The maximum absolute atomic E-state index is 13.2. The van der Waals surface area contributed by atoms with Gasteiger partial charge in [-0.25, -0.2) is 0 Å². The molecular formula is C26H31BrN2O6. The van der Waals surface area contributed by atoms with Crippen molar-refractivity contribution in [1.29, 1.82) is 0 Å². The van der Waals surface area contributed by atoms with Gasteiger partial charge in [0.15, 0.2) is 11.5 Å². The van der Waals surface area contributed by atoms with Gasteiger partial charge in [-0.15, -0.1) is 0 Å². The lowest BCUT2D eigenvalue weighted by Gasteiger charge is -2.27. The first-order valence-electron chi connectivity index (χ1n) is 11.4. The van der Waals surface area contributed by atoms with Crippen LogP contribution in [0.2, 0.25) is 0 Å². The molecule has 3 rings (SSSR count). The molecule has 35 heavy (non-hydrogen) atoms. The SMILES string of the molecule is CCOc1ccc(C2/C(=C(/O)c3ccc(OC)c(Br)c3)C(=O)C(=O)N2CCN(C)C)cc1OCC. The second-order valence-corrected chi connectivity index (χ2v) is 9.07. The summed E-state index contributed by atoms with van der Waals surface area (Å²) >= 11 is 3.42. The molecule has 1 fully saturated rings. The van der Waals surface area contributed by atoms with Gasteiger partial charge in [0.1, 0.15) is 11.5 Å². The van der Waals surface area contributed by atoms with Crippen molar-refractivity contribution >= 4 is 33.4 Å². The summed E-state index contributed by atoms with van der Waals surface area (Å²) < 4.78 is 17.3. The third-order valence-corrected chi connectivity index (χ3v) is 6.26. The van der Waals surface area contributed by atoms with Crippen LogP contribution in [-0.2, 0) is 9.59 Å². The second-order valence-electron chi connectivity index (χ2n) is 8.22. The Balaban J connectivity index is 2.19. The van der Waals surface area contributed by atoms with Crippen LogP contribution in [-0.4, -0.2) is 74.1 Å². The van der Waals surface area contributed by atoms with E-state index in [0.717, 1.165) is 0 Å². The van der Waals surface area contributed by atoms with Crippen molar-refractivity contribution in [3.8, 4) is 17.2 Å². The number of carbonyl (C=O) groups is 2. The van der Waals surface area contributed by atoms with Crippen LogP contribution in [0.3, 0.4) is 0 Å². The molecule has 1 aliphatic rings. The summed E-state index contributed by atoms with van der Waals surface area (Å²) in [6, 6.07) is 9.52. The molecule has 1 heterocycles. The predicted molar refractivity (Wildman–Crippen MR) is 137 cm³/mol. The number of nitrogens with zero attached hydrogens (tertiary/aromatic N) is 2. The van der Waals surface area contributed by atoms with Crippen molar-refractivity contribution in [2.45, 2.75) is 19.9 Å². The van der Waals surface area contributed by atoms with Crippen LogP contribution in [0.5, 0.6) is 17.2 Å². The summed E-state index contributed by atoms with van der Waals surface area (Å²) in [4.78, 5) is 29.8. The average Bonchev–Trinajstić information content (AvgIpc) is 3.08. The summed E-state index contributed by atoms with van der Waals surface area (Å²) in [5.41, 5.74) is 1.06. The highest BCUT2D eigenvalue weighted by atomic mass is 79.9. The topological polar surface area (TPSA) is 88.5 Å². The molecule has 8 nitrogen and oxygen atoms in total. The molecule has 0 saturated carbocycles. The van der Waals surface area contributed by atoms with E-state index in [4.69, 9.17) is 14.2 Å². The Kier molecular flexibility index (Phi) is 8.80. The van der Waals surface area contributed by atoms with E-state index in [9.17, 15) is 14.7 Å². The molecular weight excluding hydrogens is 516 g/mol. The molecule has 0 aliphatic carbocycles. The largest absolute Gasteiger partial charge is 0.507 e. The van der Waals surface area contributed by atoms with Crippen molar-refractivity contribution < 1.29 is 28.9 Å². The van der Waals surface area contributed by atoms with E-state index in [2.05, 4.69) is 15.9 Å². The van der Waals surface area contributed by atoms with Crippen molar-refractivity contribution in [2.75, 3.05) is 47.5 Å². The van der Waals surface area contributed by atoms with Gasteiger partial charge < -0.3 is 29.1 Å². The van der Waals surface area contributed by atoms with Gasteiger partial charge in [0.05, 0.1) is 36.4 Å². The molecule has 1 N–H and O–H groups in total. The number of methoxy groups -OCH3 is 1. The molecule has 0 bridgehead atoms. The number of ether oxygens (including phenoxy) is 3. The molecule has 9 heteroatoms. The first-order chi connectivity index (χ1) is 16.7. The zero-order valence-electron chi connectivity index (χ0n) is 20.6. The lowest BCUT2D eigenvalue weighted by Crippen LogP contribution is -2.35. The van der Waals surface area contributed by atoms with Crippen molar-refractivity contribution in [3.05, 3.63) is 57.6 Å². The molecule has 188 valence electrons. The zero-order chi connectivity index (χ0) is 25.7. The summed E-state index contributed by atoms with van der Waals surface area (Å²) in [5.74, 6) is 0.0239. The minimum absolute atomic E-state index is 0.0254. The first kappa shape index (κ1) is 26.6. The maximum Gasteiger partial charge on any atom is 0.295 e. The van der Waals surface area contributed by atoms with Gasteiger partial charge in [-0.1, -0.05) is 6.07 Å². The fourth-order valence-electron chi connectivity index (χ4n) is 3.97. The van der Waals surface area contributed by atoms with Gasteiger partial charge in [-0.3, -0.25) is 9.59 Å². The minimum atomic E-state index is -0.786. The van der Waals surface area contributed by atoms with Gasteiger partial charge >= 0.3 is 0 Å². The van der Waals surface area contributed by atoms with Crippen LogP contribution in [0, 0.1) is 0 Å². The lowest BCUT2D eigenvalue weighted by atomic mass is 9.95. The Morgan fingerprint density at radius 1 is 1.03 bits per heavy atom. The first-order valence-corrected chi connectivity index (χ1v) is 12.2. The van der Waals surface area contributed by atoms with E-state index in [1.165, 1.54) is 12.0 Å². The Labute approximate surface area is 214 Å². The van der Waals surface area contributed by atoms with Crippen LogP contribution in [0.4, 0.5) is 0 Å². The number of likely N-dealkylation sites (N-methyl/N-ethyl adjacent to an activating group) is 1. The van der Waals surface area contributed by atoms with Gasteiger partial charge in [0.25, 0.3) is 11.7 Å². The number of likely N-dealkylation sites (tertiary alicyclic amines) is 1. The van der Waals surface area contributed by atoms with Gasteiger partial charge in [-0.2, -0.15) is 0 Å². The summed E-state index contributed by atoms with van der Waals surface area (Å²) in [6.07, 6.45) is 0. The standard InChI is InChI=1S/C26H31BrN2O6/c1-6-34-20-11-8-16(15-21(20)35-7-2)23-22(25(31)26(32)29(23)13-12-28(3)4)24(30)17-9-10-19(33-5)18(27)14-17/h8-11,14-15,23,30H,6-7,12-13H2,1-5H3/b24-22-. The number of ketones is 1. The smallest absolute Gasteiger partial charge is 0.295 e. The lowest BCUT2D eigenvalue weighted by molar-refractivity contribution is -0.140. The van der Waals surface area contributed by atoms with E-state index in [1.807, 2.05) is 32.8 Å². The maximum atomic E-state index is 13.2. The molecule has 0 spiro atoms. The zero-order valence-corrected chi connectivity index (χ0v) is 22.2. The number of amides is 1. The fraction of sp³-hybridized carbons (Fsp3) is 0.385. The summed E-state index contributed by atoms with van der Waals surface area (Å²) in [5, 5.41) is 11.3. The van der Waals surface area contributed by atoms with Crippen molar-refractivity contribution in [1.82, 2.24) is 9.80 Å². The quantitative estimate of drug-likeness (QED) is 0.271. The van der Waals surface area contributed by atoms with Crippen molar-refractivity contribution in [3.63, 3.8) is 0 Å². The van der Waals surface area contributed by atoms with Gasteiger partial charge in [0.2, 0.25) is 0 Å². The summed E-state index contributed by atoms with van der Waals surface area (Å²) in [6.45, 7) is 5.49. The number of carbonyl (C=O) groups excluding carboxylic acids is 2. The Hall–Kier alpha value is -3.04. The van der Waals surface area contributed by atoms with Gasteiger partial charge in [0, 0.05) is 18.7 Å². The van der Waals surface area contributed by atoms with Crippen LogP contribution < -0.4 is 14.2 Å². The van der Waals surface area contributed by atoms with E-state index in [0.29, 0.717) is 59.2 Å². The number of aliphatic hydroxyl groups is 1. The fourth-order valence-corrected chi connectivity index (χ4v) is 4.51. The highest BCUT2D eigenvalue weighted by molar-refractivity contribution is 9.10. The molecule has 2 aromatic carbocycles. The number of halogens is 1. The van der Waals surface area contributed by atoms with E-state index >= 15 is 0 Å². The molecule has 1 aliphatic heterocycles. The molecule has 0 aromatic heterocycles. The molecule has 1 amide bonds. The molecule has 1 saturated heterocycles. The van der Waals surface area contributed by atoms with Gasteiger partial charge in [-0.05, 0) is 79.8 Å². The highest BCUT2D eigenvalue weighted by Gasteiger charge is 2.46. The van der Waals surface area contributed by atoms with E-state index < -0.39 is 17.7 Å². The van der Waals surface area contributed by atoms with E-state index in [-0.39, 0.29) is 11.3 Å². The molecule has 1 unspecified atom stereocenters. The van der Waals surface area contributed by atoms with Crippen LogP contribution in [0.1, 0.15) is 31.0 Å². The average molecular weight is 547 g/mol. The number of benzene rings is 2. The monoisotopic (exact) mass is 546 g/mol. The second kappa shape index (κ2) is 11.6. The minimum Gasteiger partial charge on any atom is -0.507 e.